The zero-order valence-corrected chi connectivity index (χ0v) is 12.0. The van der Waals surface area contributed by atoms with Crippen LogP contribution >= 0.6 is 22.6 Å². The van der Waals surface area contributed by atoms with Crippen LogP contribution in [0.25, 0.3) is 0 Å². The second kappa shape index (κ2) is 6.21. The van der Waals surface area contributed by atoms with Gasteiger partial charge < -0.3 is 9.47 Å². The molecule has 88 valence electrons. The van der Waals surface area contributed by atoms with Crippen LogP contribution in [0.1, 0.15) is 33.6 Å². The molecule has 2 nitrogen and oxygen atoms in total. The molecule has 0 fully saturated rings. The number of ether oxygens (including phenoxy) is 2. The zero-order chi connectivity index (χ0) is 11.3. The lowest BCUT2D eigenvalue weighted by Crippen LogP contribution is -2.33. The minimum absolute atomic E-state index is 0.0578. The Morgan fingerprint density at radius 2 is 2.27 bits per heavy atom. The summed E-state index contributed by atoms with van der Waals surface area (Å²) >= 11 is 2.31. The third-order valence-electron chi connectivity index (χ3n) is 2.66. The Labute approximate surface area is 107 Å². The molecule has 1 aliphatic carbocycles. The van der Waals surface area contributed by atoms with Crippen LogP contribution in [-0.2, 0) is 9.47 Å². The Bertz CT molecular complexity index is 214. The number of halogens is 1. The summed E-state index contributed by atoms with van der Waals surface area (Å²) in [6, 6.07) is 0. The number of hydrogen-bond acceptors (Lipinski definition) is 2. The molecule has 1 aliphatic rings. The van der Waals surface area contributed by atoms with Crippen LogP contribution < -0.4 is 0 Å². The van der Waals surface area contributed by atoms with Gasteiger partial charge in [-0.15, -0.1) is 0 Å². The molecule has 0 heterocycles. The van der Waals surface area contributed by atoms with Crippen molar-refractivity contribution in [3.63, 3.8) is 0 Å². The van der Waals surface area contributed by atoms with Gasteiger partial charge in [0.1, 0.15) is 0 Å². The predicted octanol–water partition coefficient (Wildman–Crippen LogP) is 3.55. The van der Waals surface area contributed by atoms with E-state index in [0.717, 1.165) is 23.9 Å². The van der Waals surface area contributed by atoms with Crippen molar-refractivity contribution in [2.45, 2.75) is 46.0 Å². The highest BCUT2D eigenvalue weighted by molar-refractivity contribution is 14.1. The maximum Gasteiger partial charge on any atom is 0.167 e. The van der Waals surface area contributed by atoms with Crippen molar-refractivity contribution in [1.82, 2.24) is 0 Å². The number of allylic oxidation sites excluding steroid dienone is 1. The lowest BCUT2D eigenvalue weighted by atomic mass is 9.88. The van der Waals surface area contributed by atoms with Gasteiger partial charge in [0.25, 0.3) is 0 Å². The summed E-state index contributed by atoms with van der Waals surface area (Å²) in [5, 5.41) is 0. The predicted molar refractivity (Wildman–Crippen MR) is 71.3 cm³/mol. The average Bonchev–Trinajstić information content (AvgIpc) is 2.52. The molecule has 0 aromatic carbocycles. The molecular formula is C12H21IO2. The van der Waals surface area contributed by atoms with Gasteiger partial charge in [-0.3, -0.25) is 0 Å². The van der Waals surface area contributed by atoms with Crippen LogP contribution in [-0.4, -0.2) is 23.4 Å². The van der Waals surface area contributed by atoms with Gasteiger partial charge in [-0.1, -0.05) is 55.5 Å². The van der Waals surface area contributed by atoms with Crippen LogP contribution in [0.4, 0.5) is 0 Å². The third kappa shape index (κ3) is 4.04. The molecule has 3 heteroatoms. The van der Waals surface area contributed by atoms with Crippen molar-refractivity contribution in [3.05, 3.63) is 12.2 Å². The molecule has 0 bridgehead atoms. The smallest absolute Gasteiger partial charge is 0.167 e. The Hall–Kier alpha value is 0.390. The molecule has 0 N–H and O–H groups in total. The first kappa shape index (κ1) is 13.5. The summed E-state index contributed by atoms with van der Waals surface area (Å²) in [6.45, 7) is 7.37. The number of hydrogen-bond donors (Lipinski definition) is 0. The second-order valence-electron chi connectivity index (χ2n) is 4.63. The third-order valence-corrected chi connectivity index (χ3v) is 3.38. The molecule has 1 rings (SSSR count). The monoisotopic (exact) mass is 324 g/mol. The lowest BCUT2D eigenvalue weighted by molar-refractivity contribution is -0.163. The number of alkyl halides is 1. The summed E-state index contributed by atoms with van der Waals surface area (Å²) in [4.78, 5) is 0. The topological polar surface area (TPSA) is 18.5 Å². The van der Waals surface area contributed by atoms with E-state index in [0.29, 0.717) is 0 Å². The van der Waals surface area contributed by atoms with E-state index in [1.807, 2.05) is 0 Å². The SMILES string of the molecule is CCCOC(CI)OC1C=CCC1(C)C. The Balaban J connectivity index is 2.40. The van der Waals surface area contributed by atoms with Crippen molar-refractivity contribution >= 4 is 22.6 Å². The molecule has 2 atom stereocenters. The average molecular weight is 324 g/mol. The first-order valence-electron chi connectivity index (χ1n) is 5.60. The molecule has 0 radical (unpaired) electrons. The molecule has 0 saturated heterocycles. The minimum atomic E-state index is -0.0578. The van der Waals surface area contributed by atoms with Crippen molar-refractivity contribution in [2.75, 3.05) is 11.0 Å². The summed E-state index contributed by atoms with van der Waals surface area (Å²) < 4.78 is 12.5. The molecule has 0 aliphatic heterocycles. The number of rotatable bonds is 6. The summed E-state index contributed by atoms with van der Waals surface area (Å²) in [5.41, 5.74) is 0.222. The van der Waals surface area contributed by atoms with E-state index >= 15 is 0 Å². The molecule has 0 aromatic heterocycles. The van der Waals surface area contributed by atoms with Gasteiger partial charge in [0.15, 0.2) is 6.29 Å². The van der Waals surface area contributed by atoms with E-state index < -0.39 is 0 Å². The largest absolute Gasteiger partial charge is 0.352 e. The van der Waals surface area contributed by atoms with E-state index in [1.54, 1.807) is 0 Å². The standard InChI is InChI=1S/C12H21IO2/c1-4-8-14-11(9-13)15-10-6-5-7-12(10,2)3/h5-6,10-11H,4,7-9H2,1-3H3. The highest BCUT2D eigenvalue weighted by Gasteiger charge is 2.33. The van der Waals surface area contributed by atoms with Crippen LogP contribution in [0.5, 0.6) is 0 Å². The van der Waals surface area contributed by atoms with Crippen LogP contribution in [0.15, 0.2) is 12.2 Å². The van der Waals surface area contributed by atoms with Crippen LogP contribution in [0.3, 0.4) is 0 Å². The van der Waals surface area contributed by atoms with Gasteiger partial charge >= 0.3 is 0 Å². The first-order chi connectivity index (χ1) is 7.10. The molecule has 15 heavy (non-hydrogen) atoms. The highest BCUT2D eigenvalue weighted by Crippen LogP contribution is 2.35. The fourth-order valence-electron chi connectivity index (χ4n) is 1.63. The van der Waals surface area contributed by atoms with Gasteiger partial charge in [-0.05, 0) is 18.3 Å². The Morgan fingerprint density at radius 3 is 2.73 bits per heavy atom. The fraction of sp³-hybridized carbons (Fsp3) is 0.833. The molecule has 2 unspecified atom stereocenters. The van der Waals surface area contributed by atoms with E-state index in [-0.39, 0.29) is 17.8 Å². The van der Waals surface area contributed by atoms with Gasteiger partial charge in [-0.2, -0.15) is 0 Å². The summed E-state index contributed by atoms with van der Waals surface area (Å²) in [6.07, 6.45) is 6.65. The highest BCUT2D eigenvalue weighted by atomic mass is 127. The van der Waals surface area contributed by atoms with E-state index in [1.165, 1.54) is 0 Å². The summed E-state index contributed by atoms with van der Waals surface area (Å²) in [5.74, 6) is 0. The molecule has 0 spiro atoms. The maximum atomic E-state index is 5.96. The minimum Gasteiger partial charge on any atom is -0.352 e. The quantitative estimate of drug-likeness (QED) is 0.322. The van der Waals surface area contributed by atoms with Crippen molar-refractivity contribution in [3.8, 4) is 0 Å². The Kier molecular flexibility index (Phi) is 5.57. The summed E-state index contributed by atoms with van der Waals surface area (Å²) in [7, 11) is 0. The van der Waals surface area contributed by atoms with Gasteiger partial charge in [0.05, 0.1) is 10.5 Å². The normalized spacial score (nSPS) is 25.7. The molecular weight excluding hydrogens is 303 g/mol. The molecule has 0 saturated carbocycles. The molecule has 0 aromatic rings. The van der Waals surface area contributed by atoms with Crippen molar-refractivity contribution < 1.29 is 9.47 Å². The van der Waals surface area contributed by atoms with Crippen LogP contribution in [0, 0.1) is 5.41 Å². The van der Waals surface area contributed by atoms with Gasteiger partial charge in [0, 0.05) is 6.61 Å². The maximum absolute atomic E-state index is 5.96. The van der Waals surface area contributed by atoms with Gasteiger partial charge in [-0.25, -0.2) is 0 Å². The van der Waals surface area contributed by atoms with Crippen molar-refractivity contribution in [2.24, 2.45) is 5.41 Å². The fourth-order valence-corrected chi connectivity index (χ4v) is 2.10. The molecule has 0 amide bonds. The van der Waals surface area contributed by atoms with E-state index in [4.69, 9.17) is 9.47 Å². The lowest BCUT2D eigenvalue weighted by Gasteiger charge is -2.30. The van der Waals surface area contributed by atoms with E-state index in [2.05, 4.69) is 55.5 Å². The van der Waals surface area contributed by atoms with E-state index in [9.17, 15) is 0 Å². The Morgan fingerprint density at radius 1 is 1.53 bits per heavy atom. The zero-order valence-electron chi connectivity index (χ0n) is 9.83. The first-order valence-corrected chi connectivity index (χ1v) is 7.12. The van der Waals surface area contributed by atoms with Gasteiger partial charge in [0.2, 0.25) is 0 Å². The van der Waals surface area contributed by atoms with Crippen molar-refractivity contribution in [1.29, 1.82) is 0 Å². The second-order valence-corrected chi connectivity index (χ2v) is 5.51. The van der Waals surface area contributed by atoms with Crippen LogP contribution in [0.2, 0.25) is 0 Å².